The number of hydrogen-bond acceptors (Lipinski definition) is 3. The van der Waals surface area contributed by atoms with Crippen molar-refractivity contribution in [1.29, 1.82) is 0 Å². The third-order valence-electron chi connectivity index (χ3n) is 2.47. The normalized spacial score (nSPS) is 11.9. The van der Waals surface area contributed by atoms with Crippen molar-refractivity contribution in [2.75, 3.05) is 18.4 Å². The highest BCUT2D eigenvalue weighted by Crippen LogP contribution is 2.14. The van der Waals surface area contributed by atoms with Gasteiger partial charge in [-0.1, -0.05) is 17.7 Å². The van der Waals surface area contributed by atoms with Crippen LogP contribution in [0.25, 0.3) is 0 Å². The quantitative estimate of drug-likeness (QED) is 0.519. The van der Waals surface area contributed by atoms with Crippen LogP contribution in [0, 0.1) is 0 Å². The number of hydrogen-bond donors (Lipinski definition) is 3. The number of anilines is 1. The first kappa shape index (κ1) is 15.4. The molecule has 0 aliphatic heterocycles. The molecule has 0 radical (unpaired) electrons. The first-order valence-electron chi connectivity index (χ1n) is 5.91. The number of halogens is 1. The second-order valence-corrected chi connectivity index (χ2v) is 4.50. The molecule has 19 heavy (non-hydrogen) atoms. The number of amides is 1. The van der Waals surface area contributed by atoms with E-state index in [1.54, 1.807) is 29.6 Å². The van der Waals surface area contributed by atoms with Crippen molar-refractivity contribution in [3.63, 3.8) is 0 Å². The average molecular weight is 287 g/mol. The summed E-state index contributed by atoms with van der Waals surface area (Å²) in [5.41, 5.74) is 4.15. The predicted octanol–water partition coefficient (Wildman–Crippen LogP) is -2.41. The fraction of sp³-hybridized carbons (Fsp3) is 0.333. The summed E-state index contributed by atoms with van der Waals surface area (Å²) in [5, 5.41) is 15.5. The molecule has 6 nitrogen and oxygen atoms in total. The van der Waals surface area contributed by atoms with E-state index in [9.17, 15) is 14.7 Å². The van der Waals surface area contributed by atoms with E-state index in [-0.39, 0.29) is 6.42 Å². The van der Waals surface area contributed by atoms with Gasteiger partial charge in [0.1, 0.15) is 19.1 Å². The fourth-order valence-electron chi connectivity index (χ4n) is 1.56. The molecule has 1 atom stereocenters. The van der Waals surface area contributed by atoms with Gasteiger partial charge in [0.15, 0.2) is 0 Å². The van der Waals surface area contributed by atoms with E-state index in [0.29, 0.717) is 23.8 Å². The number of nitrogens with one attached hydrogen (secondary N) is 1. The Morgan fingerprint density at radius 1 is 1.47 bits per heavy atom. The predicted molar refractivity (Wildman–Crippen MR) is 68.0 cm³/mol. The third-order valence-corrected chi connectivity index (χ3v) is 2.71. The maximum atomic E-state index is 11.7. The summed E-state index contributed by atoms with van der Waals surface area (Å²) >= 11 is 5.78. The minimum atomic E-state index is -1.25. The van der Waals surface area contributed by atoms with Gasteiger partial charge in [0.05, 0.1) is 12.4 Å². The van der Waals surface area contributed by atoms with Gasteiger partial charge < -0.3 is 26.3 Å². The Hall–Kier alpha value is -1.63. The van der Waals surface area contributed by atoms with Crippen molar-refractivity contribution < 1.29 is 25.7 Å². The van der Waals surface area contributed by atoms with E-state index < -0.39 is 17.9 Å². The molecular formula is C12H17ClN3O3+. The van der Waals surface area contributed by atoms with E-state index in [4.69, 9.17) is 11.6 Å². The Kier molecular flexibility index (Phi) is 6.27. The zero-order valence-corrected chi connectivity index (χ0v) is 11.2. The van der Waals surface area contributed by atoms with Gasteiger partial charge in [-0.3, -0.25) is 4.79 Å². The fourth-order valence-corrected chi connectivity index (χ4v) is 1.75. The lowest BCUT2D eigenvalue weighted by atomic mass is 10.2. The molecule has 1 aromatic carbocycles. The number of carboxylic acid groups (broad SMARTS) is 1. The molecule has 0 bridgehead atoms. The number of carbonyl (C=O) groups excluding carboxylic acids is 2. The molecule has 1 aromatic rings. The Bertz CT molecular complexity index is 454. The lowest BCUT2D eigenvalue weighted by Gasteiger charge is -2.15. The number of carbonyl (C=O) groups is 2. The molecular weight excluding hydrogens is 270 g/mol. The zero-order valence-electron chi connectivity index (χ0n) is 10.4. The molecule has 0 spiro atoms. The van der Waals surface area contributed by atoms with E-state index in [1.807, 2.05) is 0 Å². The zero-order chi connectivity index (χ0) is 14.3. The van der Waals surface area contributed by atoms with Gasteiger partial charge >= 0.3 is 0 Å². The van der Waals surface area contributed by atoms with Crippen molar-refractivity contribution in [2.24, 2.45) is 0 Å². The number of aliphatic carboxylic acids is 1. The van der Waals surface area contributed by atoms with Gasteiger partial charge in [-0.15, -0.1) is 0 Å². The molecule has 0 aromatic heterocycles. The van der Waals surface area contributed by atoms with Crippen LogP contribution in [0.15, 0.2) is 24.3 Å². The smallest absolute Gasteiger partial charge is 0.230 e. The number of benzene rings is 1. The lowest BCUT2D eigenvalue weighted by Crippen LogP contribution is -2.95. The minimum Gasteiger partial charge on any atom is -0.544 e. The molecule has 104 valence electrons. The molecule has 0 aliphatic carbocycles. The van der Waals surface area contributed by atoms with Crippen LogP contribution in [-0.4, -0.2) is 31.0 Å². The van der Waals surface area contributed by atoms with E-state index in [2.05, 4.69) is 11.1 Å². The summed E-state index contributed by atoms with van der Waals surface area (Å²) < 4.78 is 0. The summed E-state index contributed by atoms with van der Waals surface area (Å²) in [4.78, 5) is 22.6. The molecule has 0 fully saturated rings. The molecule has 0 aliphatic rings. The molecule has 7 heteroatoms. The Labute approximate surface area is 115 Å². The summed E-state index contributed by atoms with van der Waals surface area (Å²) in [5.74, 6) is -1.65. The topological polar surface area (TPSA) is 113 Å². The Morgan fingerprint density at radius 2 is 2.21 bits per heavy atom. The van der Waals surface area contributed by atoms with Crippen LogP contribution < -0.4 is 21.5 Å². The van der Waals surface area contributed by atoms with E-state index in [1.165, 1.54) is 0 Å². The first-order valence-corrected chi connectivity index (χ1v) is 6.29. The number of quaternary nitrogens is 2. The molecule has 0 saturated heterocycles. The SMILES string of the molecule is [NH3+]CC[NH2+][C@H](CC(=O)Nc1cccc(Cl)c1)C(=O)[O-]. The highest BCUT2D eigenvalue weighted by Gasteiger charge is 2.18. The van der Waals surface area contributed by atoms with Gasteiger partial charge in [0, 0.05) is 10.7 Å². The van der Waals surface area contributed by atoms with Gasteiger partial charge in [0.25, 0.3) is 0 Å². The van der Waals surface area contributed by atoms with Crippen molar-refractivity contribution in [3.05, 3.63) is 29.3 Å². The van der Waals surface area contributed by atoms with Gasteiger partial charge in [0.2, 0.25) is 5.91 Å². The van der Waals surface area contributed by atoms with Crippen LogP contribution in [0.4, 0.5) is 5.69 Å². The standard InChI is InChI=1S/C12H16ClN3O3/c13-8-2-1-3-9(6-8)16-11(17)7-10(12(18)19)15-5-4-14/h1-3,6,10,15H,4-5,7,14H2,(H,16,17)(H,18,19)/p+1/t10-/m1/s1. The van der Waals surface area contributed by atoms with Gasteiger partial charge in [-0.2, -0.15) is 0 Å². The molecule has 6 N–H and O–H groups in total. The van der Waals surface area contributed by atoms with Crippen LogP contribution in [0.5, 0.6) is 0 Å². The molecule has 1 rings (SSSR count). The number of carboxylic acids is 1. The van der Waals surface area contributed by atoms with Crippen LogP contribution in [0.3, 0.4) is 0 Å². The van der Waals surface area contributed by atoms with E-state index in [0.717, 1.165) is 0 Å². The second-order valence-electron chi connectivity index (χ2n) is 4.07. The second kappa shape index (κ2) is 7.73. The van der Waals surface area contributed by atoms with Crippen LogP contribution in [-0.2, 0) is 9.59 Å². The maximum absolute atomic E-state index is 11.7. The van der Waals surface area contributed by atoms with Gasteiger partial charge in [-0.05, 0) is 18.2 Å². The van der Waals surface area contributed by atoms with Crippen molar-refractivity contribution in [3.8, 4) is 0 Å². The Balaban J connectivity index is 2.55. The van der Waals surface area contributed by atoms with Crippen LogP contribution in [0.2, 0.25) is 5.02 Å². The third kappa shape index (κ3) is 5.69. The Morgan fingerprint density at radius 3 is 2.79 bits per heavy atom. The molecule has 0 unspecified atom stereocenters. The number of rotatable bonds is 7. The molecule has 1 amide bonds. The monoisotopic (exact) mass is 286 g/mol. The highest BCUT2D eigenvalue weighted by molar-refractivity contribution is 6.30. The number of nitrogens with two attached hydrogens (primary N) is 1. The van der Waals surface area contributed by atoms with Gasteiger partial charge in [-0.25, -0.2) is 0 Å². The van der Waals surface area contributed by atoms with Crippen LogP contribution in [0.1, 0.15) is 6.42 Å². The van der Waals surface area contributed by atoms with Crippen molar-refractivity contribution in [1.82, 2.24) is 0 Å². The van der Waals surface area contributed by atoms with Crippen LogP contribution >= 0.6 is 11.6 Å². The molecule has 0 heterocycles. The first-order chi connectivity index (χ1) is 9.02. The molecule has 0 saturated carbocycles. The summed E-state index contributed by atoms with van der Waals surface area (Å²) in [6, 6.07) is 5.75. The highest BCUT2D eigenvalue weighted by atomic mass is 35.5. The summed E-state index contributed by atoms with van der Waals surface area (Å²) in [7, 11) is 0. The van der Waals surface area contributed by atoms with Crippen molar-refractivity contribution >= 4 is 29.2 Å². The van der Waals surface area contributed by atoms with E-state index >= 15 is 0 Å². The summed E-state index contributed by atoms with van der Waals surface area (Å²) in [6.45, 7) is 1.11. The minimum absolute atomic E-state index is 0.158. The van der Waals surface area contributed by atoms with Crippen molar-refractivity contribution in [2.45, 2.75) is 12.5 Å². The maximum Gasteiger partial charge on any atom is 0.230 e. The lowest BCUT2D eigenvalue weighted by molar-refractivity contribution is -0.695. The average Bonchev–Trinajstić information content (AvgIpc) is 2.34. The largest absolute Gasteiger partial charge is 0.544 e. The summed E-state index contributed by atoms with van der Waals surface area (Å²) in [6.07, 6.45) is -0.158.